The summed E-state index contributed by atoms with van der Waals surface area (Å²) < 4.78 is 5.37. The van der Waals surface area contributed by atoms with E-state index in [1.807, 2.05) is 0 Å². The van der Waals surface area contributed by atoms with Gasteiger partial charge in [-0.2, -0.15) is 0 Å². The third-order valence-corrected chi connectivity index (χ3v) is 6.01. The molecule has 25 heavy (non-hydrogen) atoms. The number of hydrogen-bond acceptors (Lipinski definition) is 4. The molecule has 6 heteroatoms. The summed E-state index contributed by atoms with van der Waals surface area (Å²) in [5.74, 6) is -1.33. The van der Waals surface area contributed by atoms with E-state index in [0.717, 1.165) is 19.3 Å². The Balaban J connectivity index is 1.73. The summed E-state index contributed by atoms with van der Waals surface area (Å²) in [6.45, 7) is 3.14. The summed E-state index contributed by atoms with van der Waals surface area (Å²) in [5.41, 5.74) is -0.137. The van der Waals surface area contributed by atoms with Crippen molar-refractivity contribution in [2.24, 2.45) is 5.41 Å². The normalized spacial score (nSPS) is 21.2. The molecular formula is C19H25NO5. The van der Waals surface area contributed by atoms with Gasteiger partial charge in [0.25, 0.3) is 5.91 Å². The Labute approximate surface area is 147 Å². The van der Waals surface area contributed by atoms with Crippen molar-refractivity contribution in [3.05, 3.63) is 34.9 Å². The molecule has 1 aliphatic carbocycles. The summed E-state index contributed by atoms with van der Waals surface area (Å²) >= 11 is 0. The number of benzene rings is 1. The number of aromatic carboxylic acids is 1. The monoisotopic (exact) mass is 347 g/mol. The molecule has 1 aromatic rings. The zero-order valence-electron chi connectivity index (χ0n) is 14.5. The Bertz CT molecular complexity index is 674. The highest BCUT2D eigenvalue weighted by molar-refractivity contribution is 5.99. The largest absolute Gasteiger partial charge is 0.478 e. The molecule has 1 heterocycles. The topological polar surface area (TPSA) is 95.9 Å². The lowest BCUT2D eigenvalue weighted by Crippen LogP contribution is -2.60. The molecular weight excluding hydrogens is 322 g/mol. The minimum absolute atomic E-state index is 0.133. The molecule has 6 nitrogen and oxygen atoms in total. The van der Waals surface area contributed by atoms with Crippen LogP contribution in [0.25, 0.3) is 0 Å². The summed E-state index contributed by atoms with van der Waals surface area (Å²) in [6, 6.07) is 4.71. The maximum atomic E-state index is 12.6. The molecule has 0 radical (unpaired) electrons. The lowest BCUT2D eigenvalue weighted by Gasteiger charge is -2.54. The Morgan fingerprint density at radius 2 is 1.80 bits per heavy atom. The van der Waals surface area contributed by atoms with Gasteiger partial charge in [0.05, 0.1) is 11.2 Å². The van der Waals surface area contributed by atoms with Crippen LogP contribution in [0.3, 0.4) is 0 Å². The van der Waals surface area contributed by atoms with E-state index in [0.29, 0.717) is 43.7 Å². The lowest BCUT2D eigenvalue weighted by molar-refractivity contribution is -0.171. The molecule has 0 atom stereocenters. The van der Waals surface area contributed by atoms with Gasteiger partial charge in [0.15, 0.2) is 0 Å². The first-order valence-corrected chi connectivity index (χ1v) is 8.80. The molecule has 3 N–H and O–H groups in total. The number of carbonyl (C=O) groups is 2. The van der Waals surface area contributed by atoms with Crippen molar-refractivity contribution in [3.8, 4) is 0 Å². The van der Waals surface area contributed by atoms with Crippen molar-refractivity contribution in [1.29, 1.82) is 0 Å². The molecule has 2 fully saturated rings. The predicted molar refractivity (Wildman–Crippen MR) is 91.8 cm³/mol. The number of rotatable bonds is 5. The summed E-state index contributed by atoms with van der Waals surface area (Å²) in [6.07, 6.45) is 4.01. The molecule has 0 unspecified atom stereocenters. The zero-order valence-corrected chi connectivity index (χ0v) is 14.5. The number of carboxylic acid groups (broad SMARTS) is 1. The first kappa shape index (κ1) is 17.9. The third-order valence-electron chi connectivity index (χ3n) is 6.01. The standard InChI is InChI=1S/C19H25NO5/c1-13-14(4-2-5-15(13)17(22)23)16(21)20-12-18(6-3-7-18)19(24)8-10-25-11-9-19/h2,4-5,24H,3,6-12H2,1H3,(H,20,21)(H,22,23). The van der Waals surface area contributed by atoms with Crippen molar-refractivity contribution in [3.63, 3.8) is 0 Å². The zero-order chi connectivity index (χ0) is 18.1. The van der Waals surface area contributed by atoms with Gasteiger partial charge in [0, 0.05) is 43.6 Å². The van der Waals surface area contributed by atoms with E-state index in [1.165, 1.54) is 6.07 Å². The number of carboxylic acids is 1. The number of hydrogen-bond donors (Lipinski definition) is 3. The number of amides is 1. The van der Waals surface area contributed by atoms with Gasteiger partial charge in [-0.05, 0) is 37.5 Å². The fourth-order valence-corrected chi connectivity index (χ4v) is 4.11. The Morgan fingerprint density at radius 3 is 2.36 bits per heavy atom. The molecule has 136 valence electrons. The SMILES string of the molecule is Cc1c(C(=O)O)cccc1C(=O)NCC1(C2(O)CCOCC2)CCC1. The van der Waals surface area contributed by atoms with E-state index in [-0.39, 0.29) is 16.9 Å². The van der Waals surface area contributed by atoms with Crippen molar-refractivity contribution in [2.75, 3.05) is 19.8 Å². The van der Waals surface area contributed by atoms with Gasteiger partial charge in [-0.1, -0.05) is 12.5 Å². The Morgan fingerprint density at radius 1 is 1.16 bits per heavy atom. The second-order valence-corrected chi connectivity index (χ2v) is 7.24. The Kier molecular flexibility index (Phi) is 4.84. The quantitative estimate of drug-likeness (QED) is 0.758. The molecule has 0 aromatic heterocycles. The molecule has 3 rings (SSSR count). The van der Waals surface area contributed by atoms with Crippen LogP contribution >= 0.6 is 0 Å². The first-order chi connectivity index (χ1) is 11.9. The van der Waals surface area contributed by atoms with Gasteiger partial charge < -0.3 is 20.3 Å². The van der Waals surface area contributed by atoms with Gasteiger partial charge in [-0.3, -0.25) is 4.79 Å². The number of carbonyl (C=O) groups excluding carboxylic acids is 1. The van der Waals surface area contributed by atoms with E-state index < -0.39 is 11.6 Å². The second kappa shape index (κ2) is 6.77. The molecule has 1 aromatic carbocycles. The average molecular weight is 347 g/mol. The van der Waals surface area contributed by atoms with Crippen LogP contribution in [0.15, 0.2) is 18.2 Å². The maximum absolute atomic E-state index is 12.6. The summed E-state index contributed by atoms with van der Waals surface area (Å²) in [7, 11) is 0. The van der Waals surface area contributed by atoms with Crippen LogP contribution in [0.1, 0.15) is 58.4 Å². The van der Waals surface area contributed by atoms with Crippen LogP contribution in [0.5, 0.6) is 0 Å². The van der Waals surface area contributed by atoms with Crippen LogP contribution in [0.4, 0.5) is 0 Å². The van der Waals surface area contributed by atoms with Crippen LogP contribution in [0, 0.1) is 12.3 Å². The smallest absolute Gasteiger partial charge is 0.335 e. The van der Waals surface area contributed by atoms with E-state index in [9.17, 15) is 19.8 Å². The number of aliphatic hydroxyl groups is 1. The third kappa shape index (κ3) is 3.16. The van der Waals surface area contributed by atoms with E-state index in [1.54, 1.807) is 19.1 Å². The minimum Gasteiger partial charge on any atom is -0.478 e. The first-order valence-electron chi connectivity index (χ1n) is 8.80. The van der Waals surface area contributed by atoms with Crippen LogP contribution < -0.4 is 5.32 Å². The van der Waals surface area contributed by atoms with Crippen LogP contribution in [-0.4, -0.2) is 47.4 Å². The van der Waals surface area contributed by atoms with Gasteiger partial charge in [-0.15, -0.1) is 0 Å². The molecule has 1 saturated heterocycles. The molecule has 0 bridgehead atoms. The fraction of sp³-hybridized carbons (Fsp3) is 0.579. The molecule has 1 saturated carbocycles. The highest BCUT2D eigenvalue weighted by Crippen LogP contribution is 2.52. The summed E-state index contributed by atoms with van der Waals surface area (Å²) in [4.78, 5) is 23.8. The molecule has 1 amide bonds. The average Bonchev–Trinajstić information content (AvgIpc) is 2.54. The van der Waals surface area contributed by atoms with Crippen molar-refractivity contribution < 1.29 is 24.5 Å². The van der Waals surface area contributed by atoms with Crippen molar-refractivity contribution in [1.82, 2.24) is 5.32 Å². The molecule has 0 spiro atoms. The van der Waals surface area contributed by atoms with Crippen LogP contribution in [-0.2, 0) is 4.74 Å². The highest BCUT2D eigenvalue weighted by Gasteiger charge is 2.54. The second-order valence-electron chi connectivity index (χ2n) is 7.24. The summed E-state index contributed by atoms with van der Waals surface area (Å²) in [5, 5.41) is 23.2. The van der Waals surface area contributed by atoms with Gasteiger partial charge in [0.2, 0.25) is 0 Å². The number of nitrogens with one attached hydrogen (secondary N) is 1. The minimum atomic E-state index is -1.04. The van der Waals surface area contributed by atoms with Gasteiger partial charge in [0.1, 0.15) is 0 Å². The molecule has 1 aliphatic heterocycles. The number of ether oxygens (including phenoxy) is 1. The van der Waals surface area contributed by atoms with Crippen molar-refractivity contribution >= 4 is 11.9 Å². The van der Waals surface area contributed by atoms with Gasteiger partial charge >= 0.3 is 5.97 Å². The molecule has 2 aliphatic rings. The predicted octanol–water partition coefficient (Wildman–Crippen LogP) is 2.13. The fourth-order valence-electron chi connectivity index (χ4n) is 4.11. The van der Waals surface area contributed by atoms with E-state index in [2.05, 4.69) is 5.32 Å². The maximum Gasteiger partial charge on any atom is 0.335 e. The lowest BCUT2D eigenvalue weighted by atomic mass is 9.56. The van der Waals surface area contributed by atoms with E-state index in [4.69, 9.17) is 4.74 Å². The van der Waals surface area contributed by atoms with Crippen molar-refractivity contribution in [2.45, 2.75) is 44.6 Å². The van der Waals surface area contributed by atoms with Gasteiger partial charge in [-0.25, -0.2) is 4.79 Å². The van der Waals surface area contributed by atoms with E-state index >= 15 is 0 Å². The van der Waals surface area contributed by atoms with Crippen LogP contribution in [0.2, 0.25) is 0 Å². The Hall–Kier alpha value is -1.92. The highest BCUT2D eigenvalue weighted by atomic mass is 16.5.